The van der Waals surface area contributed by atoms with Crippen molar-refractivity contribution < 1.29 is 14.1 Å². The highest BCUT2D eigenvalue weighted by Crippen LogP contribution is 2.07. The summed E-state index contributed by atoms with van der Waals surface area (Å²) in [5.74, 6) is -0.221. The number of methoxy groups -OCH3 is 1. The van der Waals surface area contributed by atoms with Gasteiger partial charge in [0.2, 0.25) is 0 Å². The molecule has 1 rings (SSSR count). The Morgan fingerprint density at radius 1 is 1.45 bits per heavy atom. The first kappa shape index (κ1) is 18.1. The van der Waals surface area contributed by atoms with Crippen molar-refractivity contribution in [3.63, 3.8) is 0 Å². The summed E-state index contributed by atoms with van der Waals surface area (Å²) in [6.45, 7) is 7.97. The third-order valence-corrected chi connectivity index (χ3v) is 2.69. The van der Waals surface area contributed by atoms with E-state index in [-0.39, 0.29) is 11.9 Å². The molecule has 0 aliphatic heterocycles. The summed E-state index contributed by atoms with van der Waals surface area (Å²) in [4.78, 5) is 22.3. The number of carbonyl (C=O) groups is 1. The van der Waals surface area contributed by atoms with E-state index in [1.807, 2.05) is 32.9 Å². The second kappa shape index (κ2) is 10.00. The second-order valence-corrected chi connectivity index (χ2v) is 4.08. The lowest BCUT2D eigenvalue weighted by Gasteiger charge is -2.06. The maximum absolute atomic E-state index is 11.2. The average Bonchev–Trinajstić information content (AvgIpc) is 2.79. The fraction of sp³-hybridized carbons (Fsp3) is 0.643. The van der Waals surface area contributed by atoms with Crippen LogP contribution in [0.3, 0.4) is 0 Å². The Kier molecular flexibility index (Phi) is 9.07. The van der Waals surface area contributed by atoms with Gasteiger partial charge in [-0.2, -0.15) is 0 Å². The van der Waals surface area contributed by atoms with Crippen LogP contribution in [0.25, 0.3) is 0 Å². The molecule has 1 unspecified atom stereocenters. The van der Waals surface area contributed by atoms with E-state index < -0.39 is 5.76 Å². The first-order valence-electron chi connectivity index (χ1n) is 6.82. The predicted octanol–water partition coefficient (Wildman–Crippen LogP) is 2.32. The van der Waals surface area contributed by atoms with Crippen LogP contribution >= 0.6 is 0 Å². The lowest BCUT2D eigenvalue weighted by Crippen LogP contribution is -2.14. The summed E-state index contributed by atoms with van der Waals surface area (Å²) in [6.07, 6.45) is 5.27. The maximum atomic E-state index is 11.2. The third kappa shape index (κ3) is 5.86. The van der Waals surface area contributed by atoms with E-state index in [0.29, 0.717) is 12.4 Å². The van der Waals surface area contributed by atoms with Crippen molar-refractivity contribution in [2.24, 2.45) is 5.92 Å². The predicted molar refractivity (Wildman–Crippen MR) is 76.4 cm³/mol. The molecular weight excluding hydrogens is 260 g/mol. The molecule has 20 heavy (non-hydrogen) atoms. The quantitative estimate of drug-likeness (QED) is 0.592. The smallest absolute Gasteiger partial charge is 0.441 e. The molecule has 0 saturated carbocycles. The summed E-state index contributed by atoms with van der Waals surface area (Å²) in [5.41, 5.74) is 0. The summed E-state index contributed by atoms with van der Waals surface area (Å²) in [5, 5.41) is 3.56. The first-order chi connectivity index (χ1) is 9.56. The zero-order valence-corrected chi connectivity index (χ0v) is 12.9. The van der Waals surface area contributed by atoms with Crippen LogP contribution in [0.4, 0.5) is 0 Å². The number of aryl methyl sites for hydroxylation is 1. The number of nitrogens with zero attached hydrogens (tertiary/aromatic N) is 2. The number of aromatic nitrogens is 2. The molecule has 1 aromatic rings. The van der Waals surface area contributed by atoms with E-state index in [4.69, 9.17) is 0 Å². The fourth-order valence-electron chi connectivity index (χ4n) is 1.51. The molecule has 114 valence electrons. The van der Waals surface area contributed by atoms with Gasteiger partial charge in [0.05, 0.1) is 13.0 Å². The molecule has 0 radical (unpaired) electrons. The Morgan fingerprint density at radius 3 is 2.60 bits per heavy atom. The molecule has 6 heteroatoms. The standard InChI is InChI=1S/C12H18N2O4.C2H6/c1-9(11(15)17-3)7-5-4-6-8-14-10(2)13-18-12(14)16;1-2/h4,6,9H,5,7-8H2,1-3H3;1-2H3/b6-4-;. The normalized spacial score (nSPS) is 11.8. The van der Waals surface area contributed by atoms with Crippen LogP contribution < -0.4 is 5.76 Å². The van der Waals surface area contributed by atoms with Gasteiger partial charge in [-0.25, -0.2) is 4.79 Å². The minimum Gasteiger partial charge on any atom is -0.469 e. The van der Waals surface area contributed by atoms with Crippen molar-refractivity contribution >= 4 is 5.97 Å². The Hall–Kier alpha value is -1.85. The highest BCUT2D eigenvalue weighted by atomic mass is 16.5. The van der Waals surface area contributed by atoms with Crippen molar-refractivity contribution in [3.8, 4) is 0 Å². The van der Waals surface area contributed by atoms with Gasteiger partial charge >= 0.3 is 11.7 Å². The van der Waals surface area contributed by atoms with Crippen LogP contribution in [0, 0.1) is 12.8 Å². The molecule has 0 spiro atoms. The summed E-state index contributed by atoms with van der Waals surface area (Å²) >= 11 is 0. The van der Waals surface area contributed by atoms with E-state index in [2.05, 4.69) is 14.4 Å². The van der Waals surface area contributed by atoms with Crippen LogP contribution in [0.1, 0.15) is 39.4 Å². The van der Waals surface area contributed by atoms with Crippen molar-refractivity contribution in [2.45, 2.75) is 47.1 Å². The highest BCUT2D eigenvalue weighted by molar-refractivity contribution is 5.71. The minimum absolute atomic E-state index is 0.111. The van der Waals surface area contributed by atoms with Gasteiger partial charge in [-0.05, 0) is 19.8 Å². The Bertz CT molecular complexity index is 474. The van der Waals surface area contributed by atoms with E-state index in [9.17, 15) is 9.59 Å². The van der Waals surface area contributed by atoms with Gasteiger partial charge in [-0.15, -0.1) is 0 Å². The molecule has 0 bridgehead atoms. The van der Waals surface area contributed by atoms with Crippen LogP contribution in [0.15, 0.2) is 21.5 Å². The topological polar surface area (TPSA) is 74.3 Å². The van der Waals surface area contributed by atoms with Gasteiger partial charge in [0.1, 0.15) is 0 Å². The van der Waals surface area contributed by atoms with Crippen molar-refractivity contribution in [3.05, 3.63) is 28.5 Å². The maximum Gasteiger partial charge on any atom is 0.441 e. The lowest BCUT2D eigenvalue weighted by atomic mass is 10.1. The van der Waals surface area contributed by atoms with E-state index >= 15 is 0 Å². The molecule has 0 aliphatic carbocycles. The summed E-state index contributed by atoms with van der Waals surface area (Å²) < 4.78 is 10.6. The van der Waals surface area contributed by atoms with Gasteiger partial charge in [0, 0.05) is 6.54 Å². The molecule has 1 heterocycles. The Balaban J connectivity index is 0.00000172. The van der Waals surface area contributed by atoms with Crippen LogP contribution in [0.2, 0.25) is 0 Å². The largest absolute Gasteiger partial charge is 0.469 e. The van der Waals surface area contributed by atoms with Crippen LogP contribution in [0.5, 0.6) is 0 Å². The lowest BCUT2D eigenvalue weighted by molar-refractivity contribution is -0.144. The number of hydrogen-bond donors (Lipinski definition) is 0. The molecule has 0 saturated heterocycles. The number of ether oxygens (including phenoxy) is 1. The van der Waals surface area contributed by atoms with E-state index in [0.717, 1.165) is 12.8 Å². The zero-order valence-electron chi connectivity index (χ0n) is 12.9. The molecule has 0 amide bonds. The van der Waals surface area contributed by atoms with E-state index in [1.54, 1.807) is 6.92 Å². The van der Waals surface area contributed by atoms with Gasteiger partial charge in [0.25, 0.3) is 0 Å². The number of rotatable bonds is 6. The SMILES string of the molecule is CC.COC(=O)C(C)CC/C=C\Cn1c(C)noc1=O. The molecule has 0 aromatic carbocycles. The Morgan fingerprint density at radius 2 is 2.10 bits per heavy atom. The minimum atomic E-state index is -0.458. The van der Waals surface area contributed by atoms with Crippen molar-refractivity contribution in [1.29, 1.82) is 0 Å². The van der Waals surface area contributed by atoms with Crippen molar-refractivity contribution in [1.82, 2.24) is 9.72 Å². The molecule has 0 N–H and O–H groups in total. The number of hydrogen-bond acceptors (Lipinski definition) is 5. The summed E-state index contributed by atoms with van der Waals surface area (Å²) in [6, 6.07) is 0. The van der Waals surface area contributed by atoms with Gasteiger partial charge in [-0.1, -0.05) is 38.1 Å². The molecule has 1 aromatic heterocycles. The van der Waals surface area contributed by atoms with Gasteiger partial charge < -0.3 is 4.74 Å². The van der Waals surface area contributed by atoms with Gasteiger partial charge in [-0.3, -0.25) is 13.9 Å². The average molecular weight is 284 g/mol. The monoisotopic (exact) mass is 284 g/mol. The molecule has 0 aliphatic rings. The number of esters is 1. The third-order valence-electron chi connectivity index (χ3n) is 2.69. The highest BCUT2D eigenvalue weighted by Gasteiger charge is 2.11. The molecule has 0 fully saturated rings. The van der Waals surface area contributed by atoms with E-state index in [1.165, 1.54) is 11.7 Å². The molecule has 6 nitrogen and oxygen atoms in total. The molecular formula is C14H24N2O4. The fourth-order valence-corrected chi connectivity index (χ4v) is 1.51. The summed E-state index contributed by atoms with van der Waals surface area (Å²) in [7, 11) is 1.38. The van der Waals surface area contributed by atoms with Gasteiger partial charge in [0.15, 0.2) is 5.82 Å². The first-order valence-corrected chi connectivity index (χ1v) is 6.82. The van der Waals surface area contributed by atoms with Crippen LogP contribution in [-0.4, -0.2) is 22.8 Å². The number of carbonyl (C=O) groups excluding carboxylic acids is 1. The van der Waals surface area contributed by atoms with Crippen LogP contribution in [-0.2, 0) is 16.1 Å². The molecule has 1 atom stereocenters. The van der Waals surface area contributed by atoms with Crippen molar-refractivity contribution in [2.75, 3.05) is 7.11 Å². The Labute approximate surface area is 119 Å². The second-order valence-electron chi connectivity index (χ2n) is 4.08. The number of allylic oxidation sites excluding steroid dienone is 2. The zero-order chi connectivity index (χ0) is 15.5.